The monoisotopic (exact) mass is 221 g/mol. The van der Waals surface area contributed by atoms with E-state index in [1.807, 2.05) is 0 Å². The summed E-state index contributed by atoms with van der Waals surface area (Å²) in [5.74, 6) is 1.75. The van der Waals surface area contributed by atoms with Crippen LogP contribution in [0.25, 0.3) is 0 Å². The van der Waals surface area contributed by atoms with Gasteiger partial charge in [-0.3, -0.25) is 0 Å². The number of ether oxygens (including phenoxy) is 1. The summed E-state index contributed by atoms with van der Waals surface area (Å²) in [4.78, 5) is 0. The first-order chi connectivity index (χ1) is 7.93. The highest BCUT2D eigenvalue weighted by Gasteiger charge is 2.40. The Labute approximate surface area is 98.4 Å². The van der Waals surface area contributed by atoms with E-state index < -0.39 is 0 Å². The van der Waals surface area contributed by atoms with E-state index in [1.165, 1.54) is 45.1 Å². The molecule has 2 nitrogen and oxygen atoms in total. The van der Waals surface area contributed by atoms with Crippen molar-refractivity contribution in [3.8, 4) is 0 Å². The molecule has 16 heavy (non-hydrogen) atoms. The average Bonchev–Trinajstić information content (AvgIpc) is 3.07. The van der Waals surface area contributed by atoms with Crippen molar-refractivity contribution in [2.24, 2.45) is 11.8 Å². The van der Waals surface area contributed by atoms with E-state index in [2.05, 4.69) is 17.5 Å². The van der Waals surface area contributed by atoms with Crippen LogP contribution >= 0.6 is 0 Å². The quantitative estimate of drug-likeness (QED) is 0.736. The van der Waals surface area contributed by atoms with Crippen molar-refractivity contribution in [1.82, 2.24) is 5.32 Å². The van der Waals surface area contributed by atoms with Gasteiger partial charge in [0.1, 0.15) is 0 Å². The van der Waals surface area contributed by atoms with Crippen molar-refractivity contribution >= 4 is 0 Å². The van der Waals surface area contributed by atoms with E-state index >= 15 is 0 Å². The lowest BCUT2D eigenvalue weighted by Crippen LogP contribution is -2.40. The van der Waals surface area contributed by atoms with Gasteiger partial charge in [-0.05, 0) is 56.9 Å². The third kappa shape index (κ3) is 2.49. The number of hydrogen-bond acceptors (Lipinski definition) is 2. The first-order valence-electron chi connectivity index (χ1n) is 6.93. The Morgan fingerprint density at radius 1 is 1.12 bits per heavy atom. The van der Waals surface area contributed by atoms with Gasteiger partial charge in [-0.15, -0.1) is 0 Å². The Morgan fingerprint density at radius 3 is 2.81 bits per heavy atom. The lowest BCUT2D eigenvalue weighted by Gasteiger charge is -2.24. The standard InChI is InChI=1S/C14H23NO/c1-2-4-11(5-3-1)10-15-13-8-9-16-14(13)12-6-7-12/h1-2,11-15H,3-10H2. The molecule has 2 fully saturated rings. The molecule has 3 atom stereocenters. The topological polar surface area (TPSA) is 21.3 Å². The summed E-state index contributed by atoms with van der Waals surface area (Å²) in [6.45, 7) is 2.17. The summed E-state index contributed by atoms with van der Waals surface area (Å²) in [5.41, 5.74) is 0. The number of rotatable bonds is 4. The van der Waals surface area contributed by atoms with E-state index in [9.17, 15) is 0 Å². The fourth-order valence-corrected chi connectivity index (χ4v) is 3.08. The van der Waals surface area contributed by atoms with Crippen molar-refractivity contribution in [2.45, 2.75) is 50.7 Å². The first-order valence-corrected chi connectivity index (χ1v) is 6.93. The Hall–Kier alpha value is -0.340. The molecule has 0 bridgehead atoms. The van der Waals surface area contributed by atoms with Crippen molar-refractivity contribution in [3.05, 3.63) is 12.2 Å². The van der Waals surface area contributed by atoms with Crippen LogP contribution in [0.3, 0.4) is 0 Å². The van der Waals surface area contributed by atoms with Gasteiger partial charge >= 0.3 is 0 Å². The Balaban J connectivity index is 1.44. The molecule has 0 spiro atoms. The SMILES string of the molecule is C1=CCC(CNC2CCOC2C2CC2)CC1. The highest BCUT2D eigenvalue weighted by molar-refractivity contribution is 4.95. The largest absolute Gasteiger partial charge is 0.376 e. The van der Waals surface area contributed by atoms with Gasteiger partial charge in [0.05, 0.1) is 6.10 Å². The fourth-order valence-electron chi connectivity index (χ4n) is 3.08. The molecule has 1 saturated heterocycles. The molecule has 1 saturated carbocycles. The maximum absolute atomic E-state index is 5.85. The van der Waals surface area contributed by atoms with Gasteiger partial charge in [-0.2, -0.15) is 0 Å². The smallest absolute Gasteiger partial charge is 0.0756 e. The van der Waals surface area contributed by atoms with E-state index in [-0.39, 0.29) is 0 Å². The van der Waals surface area contributed by atoms with Crippen LogP contribution in [0.1, 0.15) is 38.5 Å². The second kappa shape index (κ2) is 4.89. The van der Waals surface area contributed by atoms with Gasteiger partial charge in [-0.1, -0.05) is 12.2 Å². The maximum Gasteiger partial charge on any atom is 0.0756 e. The van der Waals surface area contributed by atoms with Crippen molar-refractivity contribution in [2.75, 3.05) is 13.2 Å². The summed E-state index contributed by atoms with van der Waals surface area (Å²) < 4.78 is 5.85. The van der Waals surface area contributed by atoms with Crippen LogP contribution in [-0.2, 0) is 4.74 Å². The molecule has 1 heterocycles. The zero-order chi connectivity index (χ0) is 10.8. The highest BCUT2D eigenvalue weighted by Crippen LogP contribution is 2.38. The van der Waals surface area contributed by atoms with Crippen molar-refractivity contribution in [3.63, 3.8) is 0 Å². The van der Waals surface area contributed by atoms with E-state index in [0.29, 0.717) is 12.1 Å². The zero-order valence-electron chi connectivity index (χ0n) is 10.0. The molecule has 0 aromatic carbocycles. The summed E-state index contributed by atoms with van der Waals surface area (Å²) in [5, 5.41) is 3.76. The van der Waals surface area contributed by atoms with Crippen LogP contribution < -0.4 is 5.32 Å². The van der Waals surface area contributed by atoms with Crippen LogP contribution in [0.2, 0.25) is 0 Å². The van der Waals surface area contributed by atoms with Gasteiger partial charge < -0.3 is 10.1 Å². The Morgan fingerprint density at radius 2 is 2.06 bits per heavy atom. The predicted molar refractivity (Wildman–Crippen MR) is 65.4 cm³/mol. The third-order valence-electron chi connectivity index (χ3n) is 4.27. The van der Waals surface area contributed by atoms with Crippen LogP contribution in [-0.4, -0.2) is 25.3 Å². The fraction of sp³-hybridized carbons (Fsp3) is 0.857. The minimum absolute atomic E-state index is 0.541. The lowest BCUT2D eigenvalue weighted by molar-refractivity contribution is 0.0803. The third-order valence-corrected chi connectivity index (χ3v) is 4.27. The van der Waals surface area contributed by atoms with E-state index in [4.69, 9.17) is 4.74 Å². The number of nitrogens with one attached hydrogen (secondary N) is 1. The number of hydrogen-bond donors (Lipinski definition) is 1. The Kier molecular flexibility index (Phi) is 3.30. The highest BCUT2D eigenvalue weighted by atomic mass is 16.5. The molecule has 3 unspecified atom stereocenters. The molecule has 3 rings (SSSR count). The van der Waals surface area contributed by atoms with Gasteiger partial charge in [-0.25, -0.2) is 0 Å². The summed E-state index contributed by atoms with van der Waals surface area (Å²) in [6, 6.07) is 0.651. The average molecular weight is 221 g/mol. The van der Waals surface area contributed by atoms with Crippen molar-refractivity contribution in [1.29, 1.82) is 0 Å². The second-order valence-electron chi connectivity index (χ2n) is 5.63. The minimum Gasteiger partial charge on any atom is -0.376 e. The van der Waals surface area contributed by atoms with Gasteiger partial charge in [0.2, 0.25) is 0 Å². The predicted octanol–water partition coefficient (Wildman–Crippen LogP) is 2.50. The molecule has 0 amide bonds. The normalized spacial score (nSPS) is 39.1. The van der Waals surface area contributed by atoms with Gasteiger partial charge in [0.25, 0.3) is 0 Å². The van der Waals surface area contributed by atoms with Crippen LogP contribution in [0.15, 0.2) is 12.2 Å². The molecular formula is C14H23NO. The molecule has 0 aromatic rings. The second-order valence-corrected chi connectivity index (χ2v) is 5.63. The molecule has 3 aliphatic rings. The first kappa shape index (κ1) is 10.8. The Bertz CT molecular complexity index is 259. The molecule has 0 aromatic heterocycles. The lowest BCUT2D eigenvalue weighted by atomic mass is 9.94. The van der Waals surface area contributed by atoms with Gasteiger partial charge in [0, 0.05) is 12.6 Å². The molecule has 2 aliphatic carbocycles. The summed E-state index contributed by atoms with van der Waals surface area (Å²) in [6.07, 6.45) is 13.1. The molecule has 90 valence electrons. The van der Waals surface area contributed by atoms with Crippen LogP contribution in [0.5, 0.6) is 0 Å². The zero-order valence-corrected chi connectivity index (χ0v) is 10.0. The van der Waals surface area contributed by atoms with Crippen LogP contribution in [0, 0.1) is 11.8 Å². The maximum atomic E-state index is 5.85. The molecule has 1 N–H and O–H groups in total. The molecule has 0 radical (unpaired) electrons. The van der Waals surface area contributed by atoms with E-state index in [0.717, 1.165) is 18.4 Å². The summed E-state index contributed by atoms with van der Waals surface area (Å²) >= 11 is 0. The molecular weight excluding hydrogens is 198 g/mol. The van der Waals surface area contributed by atoms with Gasteiger partial charge in [0.15, 0.2) is 0 Å². The van der Waals surface area contributed by atoms with Crippen molar-refractivity contribution < 1.29 is 4.74 Å². The van der Waals surface area contributed by atoms with Crippen LogP contribution in [0.4, 0.5) is 0 Å². The number of allylic oxidation sites excluding steroid dienone is 2. The van der Waals surface area contributed by atoms with E-state index in [1.54, 1.807) is 0 Å². The summed E-state index contributed by atoms with van der Waals surface area (Å²) in [7, 11) is 0. The minimum atomic E-state index is 0.541. The molecule has 2 heteroatoms. The molecule has 1 aliphatic heterocycles.